The van der Waals surface area contributed by atoms with Crippen LogP contribution in [0.5, 0.6) is 0 Å². The number of rotatable bonds is 6. The summed E-state index contributed by atoms with van der Waals surface area (Å²) in [7, 11) is 0. The topological polar surface area (TPSA) is 92.1 Å². The van der Waals surface area contributed by atoms with Crippen LogP contribution in [0, 0.1) is 0 Å². The summed E-state index contributed by atoms with van der Waals surface area (Å²) in [4.78, 5) is 16.3. The fourth-order valence-corrected chi connectivity index (χ4v) is 2.70. The molecular weight excluding hydrogens is 398 g/mol. The molecule has 0 aliphatic carbocycles. The van der Waals surface area contributed by atoms with E-state index in [9.17, 15) is 9.90 Å². The van der Waals surface area contributed by atoms with Crippen molar-refractivity contribution in [2.45, 2.75) is 12.6 Å². The lowest BCUT2D eigenvalue weighted by molar-refractivity contribution is 0.225. The van der Waals surface area contributed by atoms with Crippen molar-refractivity contribution >= 4 is 27.8 Å². The number of hydrogen-bond donors (Lipinski definition) is 3. The average molecular weight is 416 g/mol. The van der Waals surface area contributed by atoms with Crippen LogP contribution in [0.4, 0.5) is 10.6 Å². The first kappa shape index (κ1) is 18.1. The lowest BCUT2D eigenvalue weighted by Gasteiger charge is -2.16. The molecule has 8 heteroatoms. The first-order chi connectivity index (χ1) is 12.6. The van der Waals surface area contributed by atoms with Crippen molar-refractivity contribution in [1.29, 1.82) is 0 Å². The zero-order valence-electron chi connectivity index (χ0n) is 13.8. The minimum atomic E-state index is -0.499. The van der Waals surface area contributed by atoms with Crippen molar-refractivity contribution in [3.8, 4) is 0 Å². The van der Waals surface area contributed by atoms with Crippen LogP contribution < -0.4 is 10.6 Å². The Hall–Kier alpha value is -2.71. The Morgan fingerprint density at radius 3 is 2.73 bits per heavy atom. The number of urea groups is 1. The van der Waals surface area contributed by atoms with Crippen LogP contribution in [0.15, 0.2) is 65.5 Å². The molecule has 2 aromatic heterocycles. The van der Waals surface area contributed by atoms with Gasteiger partial charge >= 0.3 is 6.03 Å². The van der Waals surface area contributed by atoms with Gasteiger partial charge in [-0.15, -0.1) is 0 Å². The van der Waals surface area contributed by atoms with E-state index in [4.69, 9.17) is 0 Å². The van der Waals surface area contributed by atoms with E-state index in [1.807, 2.05) is 36.4 Å². The van der Waals surface area contributed by atoms with Gasteiger partial charge in [0.15, 0.2) is 5.82 Å². The second-order valence-corrected chi connectivity index (χ2v) is 6.56. The summed E-state index contributed by atoms with van der Waals surface area (Å²) in [6, 6.07) is 12.0. The quantitative estimate of drug-likeness (QED) is 0.576. The van der Waals surface area contributed by atoms with Crippen molar-refractivity contribution in [2.24, 2.45) is 0 Å². The summed E-state index contributed by atoms with van der Waals surface area (Å²) < 4.78 is 2.65. The van der Waals surface area contributed by atoms with Gasteiger partial charge < -0.3 is 10.4 Å². The molecule has 1 aromatic carbocycles. The predicted molar refractivity (Wildman–Crippen MR) is 102 cm³/mol. The summed E-state index contributed by atoms with van der Waals surface area (Å²) in [5.41, 5.74) is 1.83. The Kier molecular flexibility index (Phi) is 5.98. The Bertz CT molecular complexity index is 852. The molecular formula is C18H18BrN5O2. The fraction of sp³-hybridized carbons (Fsp3) is 0.167. The Morgan fingerprint density at radius 1 is 1.23 bits per heavy atom. The average Bonchev–Trinajstić information content (AvgIpc) is 3.08. The zero-order valence-corrected chi connectivity index (χ0v) is 15.4. The molecule has 26 heavy (non-hydrogen) atoms. The maximum absolute atomic E-state index is 12.2. The van der Waals surface area contributed by atoms with E-state index in [0.717, 1.165) is 15.6 Å². The molecule has 1 unspecified atom stereocenters. The van der Waals surface area contributed by atoms with Crippen LogP contribution in [-0.4, -0.2) is 32.5 Å². The number of benzene rings is 1. The first-order valence-electron chi connectivity index (χ1n) is 8.00. The van der Waals surface area contributed by atoms with Gasteiger partial charge in [0, 0.05) is 29.1 Å². The highest BCUT2D eigenvalue weighted by molar-refractivity contribution is 9.10. The van der Waals surface area contributed by atoms with Gasteiger partial charge in [-0.25, -0.2) is 4.79 Å². The third-order valence-electron chi connectivity index (χ3n) is 3.71. The molecule has 0 aliphatic rings. The third kappa shape index (κ3) is 4.90. The van der Waals surface area contributed by atoms with Crippen molar-refractivity contribution < 1.29 is 9.90 Å². The normalized spacial score (nSPS) is 11.8. The molecule has 0 radical (unpaired) electrons. The van der Waals surface area contributed by atoms with Crippen molar-refractivity contribution in [3.63, 3.8) is 0 Å². The summed E-state index contributed by atoms with van der Waals surface area (Å²) in [5, 5.41) is 19.3. The summed E-state index contributed by atoms with van der Waals surface area (Å²) in [5.74, 6) is 0.430. The molecule has 3 aromatic rings. The minimum Gasteiger partial charge on any atom is -0.394 e. The molecule has 7 nitrogen and oxygen atoms in total. The summed E-state index contributed by atoms with van der Waals surface area (Å²) in [6.45, 7) is 0.361. The van der Waals surface area contributed by atoms with Crippen LogP contribution in [0.1, 0.15) is 17.2 Å². The smallest absolute Gasteiger partial charge is 0.321 e. The maximum Gasteiger partial charge on any atom is 0.321 e. The highest BCUT2D eigenvalue weighted by Gasteiger charge is 2.14. The number of halogens is 1. The monoisotopic (exact) mass is 415 g/mol. The Balaban J connectivity index is 1.58. The number of nitrogens with zero attached hydrogens (tertiary/aromatic N) is 3. The number of anilines is 1. The molecule has 2 heterocycles. The van der Waals surface area contributed by atoms with Gasteiger partial charge in [0.25, 0.3) is 0 Å². The number of carbonyl (C=O) groups is 1. The maximum atomic E-state index is 12.2. The number of carbonyl (C=O) groups excluding carboxylic acids is 1. The molecule has 0 aliphatic heterocycles. The molecule has 3 N–H and O–H groups in total. The van der Waals surface area contributed by atoms with E-state index in [2.05, 4.69) is 36.6 Å². The molecule has 0 saturated carbocycles. The number of aliphatic hydroxyl groups is 1. The number of aromatic nitrogens is 3. The van der Waals surface area contributed by atoms with Gasteiger partial charge in [-0.05, 0) is 29.3 Å². The van der Waals surface area contributed by atoms with E-state index < -0.39 is 12.1 Å². The number of nitrogens with one attached hydrogen (secondary N) is 2. The van der Waals surface area contributed by atoms with Gasteiger partial charge in [-0.3, -0.25) is 15.0 Å². The van der Waals surface area contributed by atoms with Gasteiger partial charge in [0.2, 0.25) is 0 Å². The van der Waals surface area contributed by atoms with Gasteiger partial charge in [-0.1, -0.05) is 34.1 Å². The van der Waals surface area contributed by atoms with E-state index in [1.165, 1.54) is 0 Å². The molecule has 0 spiro atoms. The molecule has 0 bridgehead atoms. The SMILES string of the molecule is O=C(Nc1ccn(Cc2cccnc2)n1)NC(CO)c1ccc(Br)cc1. The van der Waals surface area contributed by atoms with Crippen LogP contribution in [-0.2, 0) is 6.54 Å². The number of aliphatic hydroxyl groups excluding tert-OH is 1. The number of amides is 2. The van der Waals surface area contributed by atoms with E-state index in [0.29, 0.717) is 12.4 Å². The standard InChI is InChI=1S/C18H18BrN5O2/c19-15-5-3-14(4-6-15)16(12-25)21-18(26)22-17-7-9-24(23-17)11-13-2-1-8-20-10-13/h1-10,16,25H,11-12H2,(H2,21,22,23,26). The van der Waals surface area contributed by atoms with Gasteiger partial charge in [-0.2, -0.15) is 5.10 Å². The molecule has 3 rings (SSSR count). The summed E-state index contributed by atoms with van der Waals surface area (Å²) >= 11 is 3.36. The third-order valence-corrected chi connectivity index (χ3v) is 4.24. The minimum absolute atomic E-state index is 0.204. The molecule has 2 amide bonds. The van der Waals surface area contributed by atoms with Crippen molar-refractivity contribution in [1.82, 2.24) is 20.1 Å². The molecule has 0 fully saturated rings. The number of pyridine rings is 1. The predicted octanol–water partition coefficient (Wildman–Crippen LogP) is 2.94. The Labute approximate surface area is 159 Å². The van der Waals surface area contributed by atoms with Crippen LogP contribution in [0.25, 0.3) is 0 Å². The van der Waals surface area contributed by atoms with Gasteiger partial charge in [0.1, 0.15) is 0 Å². The second-order valence-electron chi connectivity index (χ2n) is 5.65. The molecule has 134 valence electrons. The zero-order chi connectivity index (χ0) is 18.4. The van der Waals surface area contributed by atoms with Crippen LogP contribution in [0.3, 0.4) is 0 Å². The van der Waals surface area contributed by atoms with E-state index in [-0.39, 0.29) is 6.61 Å². The number of hydrogen-bond acceptors (Lipinski definition) is 4. The summed E-state index contributed by atoms with van der Waals surface area (Å²) in [6.07, 6.45) is 5.26. The Morgan fingerprint density at radius 2 is 2.04 bits per heavy atom. The largest absolute Gasteiger partial charge is 0.394 e. The van der Waals surface area contributed by atoms with Crippen molar-refractivity contribution in [3.05, 3.63) is 76.7 Å². The van der Waals surface area contributed by atoms with Crippen LogP contribution in [0.2, 0.25) is 0 Å². The fourth-order valence-electron chi connectivity index (χ4n) is 2.44. The van der Waals surface area contributed by atoms with Crippen molar-refractivity contribution in [2.75, 3.05) is 11.9 Å². The van der Waals surface area contributed by atoms with E-state index in [1.54, 1.807) is 29.3 Å². The van der Waals surface area contributed by atoms with E-state index >= 15 is 0 Å². The molecule has 1 atom stereocenters. The molecule has 0 saturated heterocycles. The second kappa shape index (κ2) is 8.59. The lowest BCUT2D eigenvalue weighted by atomic mass is 10.1. The highest BCUT2D eigenvalue weighted by atomic mass is 79.9. The first-order valence-corrected chi connectivity index (χ1v) is 8.79. The lowest BCUT2D eigenvalue weighted by Crippen LogP contribution is -2.34. The highest BCUT2D eigenvalue weighted by Crippen LogP contribution is 2.17. The van der Waals surface area contributed by atoms with Crippen LogP contribution >= 0.6 is 15.9 Å². The van der Waals surface area contributed by atoms with Gasteiger partial charge in [0.05, 0.1) is 19.2 Å².